The van der Waals surface area contributed by atoms with Crippen LogP contribution in [0.2, 0.25) is 5.02 Å². The molecular weight excluding hydrogens is 226 g/mol. The summed E-state index contributed by atoms with van der Waals surface area (Å²) in [6, 6.07) is 1.79. The normalized spacial score (nSPS) is 10.4. The number of hydrogen-bond donors (Lipinski definition) is 1. The van der Waals surface area contributed by atoms with E-state index < -0.39 is 0 Å². The third-order valence-electron chi connectivity index (χ3n) is 2.20. The summed E-state index contributed by atoms with van der Waals surface area (Å²) in [7, 11) is 1.81. The van der Waals surface area contributed by atoms with Crippen LogP contribution in [0.15, 0.2) is 18.5 Å². The Balaban J connectivity index is 2.40. The molecule has 0 saturated heterocycles. The number of aryl methyl sites for hydroxylation is 1. The van der Waals surface area contributed by atoms with E-state index in [9.17, 15) is 0 Å². The van der Waals surface area contributed by atoms with Crippen LogP contribution < -0.4 is 5.32 Å². The first-order valence-electron chi connectivity index (χ1n) is 4.99. The van der Waals surface area contributed by atoms with Gasteiger partial charge in [0, 0.05) is 7.05 Å². The van der Waals surface area contributed by atoms with E-state index in [1.807, 2.05) is 14.0 Å². The minimum atomic E-state index is 0.519. The van der Waals surface area contributed by atoms with E-state index in [1.165, 1.54) is 4.80 Å². The summed E-state index contributed by atoms with van der Waals surface area (Å²) < 4.78 is 0. The van der Waals surface area contributed by atoms with E-state index >= 15 is 0 Å². The number of rotatable bonds is 3. The van der Waals surface area contributed by atoms with Gasteiger partial charge in [0.05, 0.1) is 28.8 Å². The third-order valence-corrected chi connectivity index (χ3v) is 2.48. The maximum Gasteiger partial charge on any atom is 0.193 e. The van der Waals surface area contributed by atoms with Gasteiger partial charge < -0.3 is 5.32 Å². The second-order valence-electron chi connectivity index (χ2n) is 3.26. The molecule has 16 heavy (non-hydrogen) atoms. The fourth-order valence-corrected chi connectivity index (χ4v) is 1.52. The maximum absolute atomic E-state index is 6.09. The lowest BCUT2D eigenvalue weighted by molar-refractivity contribution is 0.719. The maximum atomic E-state index is 6.09. The molecule has 5 nitrogen and oxygen atoms in total. The van der Waals surface area contributed by atoms with Crippen molar-refractivity contribution in [3.8, 4) is 5.82 Å². The molecule has 0 aliphatic rings. The van der Waals surface area contributed by atoms with Crippen LogP contribution in [0.3, 0.4) is 0 Å². The predicted molar refractivity (Wildman–Crippen MR) is 63.1 cm³/mol. The molecule has 0 unspecified atom stereocenters. The quantitative estimate of drug-likeness (QED) is 0.886. The lowest BCUT2D eigenvalue weighted by Gasteiger charge is -2.04. The van der Waals surface area contributed by atoms with Crippen molar-refractivity contribution in [1.29, 1.82) is 0 Å². The molecule has 0 bridgehead atoms. The summed E-state index contributed by atoms with van der Waals surface area (Å²) in [6.45, 7) is 2.02. The molecule has 0 fully saturated rings. The topological polar surface area (TPSA) is 55.6 Å². The zero-order valence-corrected chi connectivity index (χ0v) is 9.86. The summed E-state index contributed by atoms with van der Waals surface area (Å²) in [4.78, 5) is 5.66. The number of anilines is 1. The van der Waals surface area contributed by atoms with Crippen LogP contribution in [0.4, 0.5) is 5.69 Å². The molecule has 2 rings (SSSR count). The van der Waals surface area contributed by atoms with Gasteiger partial charge in [-0.25, -0.2) is 4.98 Å². The van der Waals surface area contributed by atoms with Gasteiger partial charge in [-0.05, 0) is 12.5 Å². The minimum Gasteiger partial charge on any atom is -0.387 e. The summed E-state index contributed by atoms with van der Waals surface area (Å²) in [5.74, 6) is 0.542. The molecular formula is C10H12ClN5. The smallest absolute Gasteiger partial charge is 0.193 e. The third kappa shape index (κ3) is 1.99. The van der Waals surface area contributed by atoms with Gasteiger partial charge in [-0.1, -0.05) is 18.5 Å². The number of pyridine rings is 1. The first kappa shape index (κ1) is 10.9. The van der Waals surface area contributed by atoms with Crippen molar-refractivity contribution < 1.29 is 0 Å². The largest absolute Gasteiger partial charge is 0.387 e. The van der Waals surface area contributed by atoms with Crippen LogP contribution in [0, 0.1) is 0 Å². The van der Waals surface area contributed by atoms with Gasteiger partial charge in [-0.3, -0.25) is 0 Å². The molecule has 0 spiro atoms. The van der Waals surface area contributed by atoms with Crippen LogP contribution in [0.25, 0.3) is 5.82 Å². The molecule has 0 aromatic carbocycles. The van der Waals surface area contributed by atoms with Crippen molar-refractivity contribution in [2.24, 2.45) is 0 Å². The fourth-order valence-electron chi connectivity index (χ4n) is 1.27. The molecule has 2 heterocycles. The van der Waals surface area contributed by atoms with E-state index in [0.29, 0.717) is 10.8 Å². The number of halogens is 1. The Hall–Kier alpha value is -1.62. The van der Waals surface area contributed by atoms with Gasteiger partial charge in [0.25, 0.3) is 0 Å². The zero-order valence-electron chi connectivity index (χ0n) is 9.11. The molecule has 0 radical (unpaired) electrons. The highest BCUT2D eigenvalue weighted by Gasteiger charge is 2.08. The first-order chi connectivity index (χ1) is 7.74. The highest BCUT2D eigenvalue weighted by Crippen LogP contribution is 2.20. The SMILES string of the molecule is CCc1cnn(-c2ncc(NC)cc2Cl)n1. The Bertz CT molecular complexity index is 494. The van der Waals surface area contributed by atoms with Crippen molar-refractivity contribution in [1.82, 2.24) is 20.0 Å². The van der Waals surface area contributed by atoms with E-state index in [1.54, 1.807) is 18.5 Å². The van der Waals surface area contributed by atoms with Crippen molar-refractivity contribution in [3.63, 3.8) is 0 Å². The Morgan fingerprint density at radius 3 is 2.81 bits per heavy atom. The molecule has 6 heteroatoms. The second kappa shape index (κ2) is 4.49. The van der Waals surface area contributed by atoms with Crippen molar-refractivity contribution in [2.45, 2.75) is 13.3 Å². The molecule has 84 valence electrons. The highest BCUT2D eigenvalue weighted by atomic mass is 35.5. The second-order valence-corrected chi connectivity index (χ2v) is 3.67. The molecule has 2 aromatic rings. The van der Waals surface area contributed by atoms with Gasteiger partial charge in [0.15, 0.2) is 5.82 Å². The van der Waals surface area contributed by atoms with Gasteiger partial charge in [0.1, 0.15) is 0 Å². The van der Waals surface area contributed by atoms with Gasteiger partial charge in [-0.15, -0.1) is 4.80 Å². The van der Waals surface area contributed by atoms with Crippen LogP contribution in [0.5, 0.6) is 0 Å². The standard InChI is InChI=1S/C10H12ClN5/c1-3-7-6-14-16(15-7)10-9(11)4-8(12-2)5-13-10/h4-6,12H,3H2,1-2H3. The zero-order chi connectivity index (χ0) is 11.5. The lowest BCUT2D eigenvalue weighted by atomic mass is 10.4. The molecule has 0 aliphatic heterocycles. The molecule has 0 saturated carbocycles. The molecule has 1 N–H and O–H groups in total. The fraction of sp³-hybridized carbons (Fsp3) is 0.300. The van der Waals surface area contributed by atoms with Crippen LogP contribution in [-0.4, -0.2) is 27.0 Å². The number of hydrogen-bond acceptors (Lipinski definition) is 4. The summed E-state index contributed by atoms with van der Waals surface area (Å²) in [5.41, 5.74) is 1.77. The average molecular weight is 238 g/mol. The van der Waals surface area contributed by atoms with Crippen LogP contribution in [-0.2, 0) is 6.42 Å². The first-order valence-corrected chi connectivity index (χ1v) is 5.37. The van der Waals surface area contributed by atoms with Crippen molar-refractivity contribution in [2.75, 3.05) is 12.4 Å². The molecule has 0 amide bonds. The van der Waals surface area contributed by atoms with Gasteiger partial charge >= 0.3 is 0 Å². The average Bonchev–Trinajstić information content (AvgIpc) is 2.77. The van der Waals surface area contributed by atoms with Crippen LogP contribution in [0.1, 0.15) is 12.6 Å². The summed E-state index contributed by atoms with van der Waals surface area (Å²) >= 11 is 6.09. The summed E-state index contributed by atoms with van der Waals surface area (Å²) in [5, 5.41) is 11.8. The Kier molecular flexibility index (Phi) is 3.05. The Labute approximate surface area is 98.5 Å². The lowest BCUT2D eigenvalue weighted by Crippen LogP contribution is -2.03. The monoisotopic (exact) mass is 237 g/mol. The van der Waals surface area contributed by atoms with Gasteiger partial charge in [-0.2, -0.15) is 10.2 Å². The van der Waals surface area contributed by atoms with E-state index in [0.717, 1.165) is 17.8 Å². The Morgan fingerprint density at radius 2 is 2.25 bits per heavy atom. The number of nitrogens with zero attached hydrogens (tertiary/aromatic N) is 4. The van der Waals surface area contributed by atoms with Gasteiger partial charge in [0.2, 0.25) is 0 Å². The summed E-state index contributed by atoms with van der Waals surface area (Å²) in [6.07, 6.45) is 4.24. The highest BCUT2D eigenvalue weighted by molar-refractivity contribution is 6.32. The number of nitrogens with one attached hydrogen (secondary N) is 1. The molecule has 2 aromatic heterocycles. The van der Waals surface area contributed by atoms with E-state index in [2.05, 4.69) is 20.5 Å². The predicted octanol–water partition coefficient (Wildman–Crippen LogP) is 1.92. The van der Waals surface area contributed by atoms with Crippen molar-refractivity contribution in [3.05, 3.63) is 29.2 Å². The van der Waals surface area contributed by atoms with Crippen LogP contribution >= 0.6 is 11.6 Å². The van der Waals surface area contributed by atoms with E-state index in [-0.39, 0.29) is 0 Å². The number of aromatic nitrogens is 4. The Morgan fingerprint density at radius 1 is 1.44 bits per heavy atom. The van der Waals surface area contributed by atoms with Crippen molar-refractivity contribution >= 4 is 17.3 Å². The minimum absolute atomic E-state index is 0.519. The molecule has 0 aliphatic carbocycles. The van der Waals surface area contributed by atoms with E-state index in [4.69, 9.17) is 11.6 Å². The molecule has 0 atom stereocenters.